The molecule has 2 nitrogen and oxygen atoms in total. The van der Waals surface area contributed by atoms with E-state index in [1.54, 1.807) is 0 Å². The van der Waals surface area contributed by atoms with Gasteiger partial charge in [-0.1, -0.05) is 0 Å². The third-order valence-electron chi connectivity index (χ3n) is 0.746. The summed E-state index contributed by atoms with van der Waals surface area (Å²) >= 11 is 4.03. The van der Waals surface area contributed by atoms with Crippen LogP contribution in [0.2, 0.25) is 0 Å². The Morgan fingerprint density at radius 1 is 1.55 bits per heavy atom. The van der Waals surface area contributed by atoms with Crippen molar-refractivity contribution in [2.45, 2.75) is 6.30 Å². The maximum Gasteiger partial charge on any atom is 0.483 e. The van der Waals surface area contributed by atoms with Crippen molar-refractivity contribution in [1.29, 1.82) is 0 Å². The first-order valence-corrected chi connectivity index (χ1v) is 4.10. The second-order valence-electron chi connectivity index (χ2n) is 1.61. The zero-order valence-corrected chi connectivity index (χ0v) is 7.35. The third kappa shape index (κ3) is 3.06. The highest BCUT2D eigenvalue weighted by Gasteiger charge is 2.27. The third-order valence-corrected chi connectivity index (χ3v) is 2.11. The van der Waals surface area contributed by atoms with Gasteiger partial charge in [-0.2, -0.15) is 13.2 Å². The van der Waals surface area contributed by atoms with Gasteiger partial charge in [0.15, 0.2) is 3.92 Å². The van der Waals surface area contributed by atoms with Gasteiger partial charge < -0.3 is 0 Å². The molecule has 62 valence electrons. The summed E-state index contributed by atoms with van der Waals surface area (Å²) in [6, 6.07) is 0. The second kappa shape index (κ2) is 2.98. The number of halogens is 4. The fourth-order valence-electron chi connectivity index (χ4n) is 0.454. The molecule has 0 amide bonds. The molecule has 0 fully saturated rings. The second-order valence-corrected chi connectivity index (χ2v) is 3.74. The maximum atomic E-state index is 11.6. The number of hydrogen-bond donors (Lipinski definition) is 1. The Labute approximate surface area is 72.6 Å². The summed E-state index contributed by atoms with van der Waals surface area (Å²) in [6.07, 6.45) is -4.41. The van der Waals surface area contributed by atoms with Crippen LogP contribution < -0.4 is 5.32 Å². The Kier molecular flexibility index (Phi) is 2.38. The van der Waals surface area contributed by atoms with Crippen molar-refractivity contribution >= 4 is 33.1 Å². The van der Waals surface area contributed by atoms with E-state index in [4.69, 9.17) is 0 Å². The van der Waals surface area contributed by atoms with Crippen molar-refractivity contribution in [2.75, 3.05) is 5.32 Å². The molecule has 0 bridgehead atoms. The number of alkyl halides is 3. The summed E-state index contributed by atoms with van der Waals surface area (Å²) in [5.41, 5.74) is 0. The van der Waals surface area contributed by atoms with Gasteiger partial charge in [-0.3, -0.25) is 5.32 Å². The van der Waals surface area contributed by atoms with E-state index in [0.29, 0.717) is 3.92 Å². The highest BCUT2D eigenvalue weighted by atomic mass is 79.9. The van der Waals surface area contributed by atoms with E-state index >= 15 is 0 Å². The average Bonchev–Trinajstić information content (AvgIpc) is 2.10. The van der Waals surface area contributed by atoms with Gasteiger partial charge in [-0.15, -0.1) is 11.3 Å². The smallest absolute Gasteiger partial charge is 0.281 e. The lowest BCUT2D eigenvalue weighted by Gasteiger charge is -2.05. The molecule has 11 heavy (non-hydrogen) atoms. The SMILES string of the molecule is FC(F)(F)Nc1csc(Br)n1. The molecule has 1 heterocycles. The molecule has 0 aliphatic rings. The van der Waals surface area contributed by atoms with E-state index in [2.05, 4.69) is 20.9 Å². The molecular weight excluding hydrogens is 245 g/mol. The molecule has 1 N–H and O–H groups in total. The number of rotatable bonds is 1. The van der Waals surface area contributed by atoms with Crippen LogP contribution in [0, 0.1) is 0 Å². The molecule has 0 aromatic carbocycles. The summed E-state index contributed by atoms with van der Waals surface area (Å²) in [5.74, 6) is -0.186. The molecule has 7 heteroatoms. The van der Waals surface area contributed by atoms with Gasteiger partial charge in [0.2, 0.25) is 0 Å². The van der Waals surface area contributed by atoms with E-state index in [-0.39, 0.29) is 5.82 Å². The minimum absolute atomic E-state index is 0.186. The Hall–Kier alpha value is -0.300. The molecular formula is C4H2BrF3N2S. The minimum Gasteiger partial charge on any atom is -0.281 e. The molecule has 0 atom stereocenters. The lowest BCUT2D eigenvalue weighted by Crippen LogP contribution is -2.20. The molecule has 0 radical (unpaired) electrons. The summed E-state index contributed by atoms with van der Waals surface area (Å²) in [5, 5.41) is 2.55. The van der Waals surface area contributed by atoms with Crippen LogP contribution in [0.3, 0.4) is 0 Å². The maximum absolute atomic E-state index is 11.6. The van der Waals surface area contributed by atoms with E-state index in [1.165, 1.54) is 10.7 Å². The molecule has 1 aromatic heterocycles. The van der Waals surface area contributed by atoms with Crippen LogP contribution in [0.4, 0.5) is 19.0 Å². The van der Waals surface area contributed by atoms with Gasteiger partial charge in [0.25, 0.3) is 0 Å². The molecule has 0 saturated carbocycles. The van der Waals surface area contributed by atoms with Gasteiger partial charge in [0, 0.05) is 5.38 Å². The van der Waals surface area contributed by atoms with Crippen molar-refractivity contribution in [2.24, 2.45) is 0 Å². The number of hydrogen-bond acceptors (Lipinski definition) is 3. The predicted molar refractivity (Wildman–Crippen MR) is 39.5 cm³/mol. The van der Waals surface area contributed by atoms with Crippen LogP contribution in [0.1, 0.15) is 0 Å². The van der Waals surface area contributed by atoms with Crippen LogP contribution in [-0.2, 0) is 0 Å². The Balaban J connectivity index is 2.65. The molecule has 0 aliphatic heterocycles. The van der Waals surface area contributed by atoms with Gasteiger partial charge in [0.1, 0.15) is 5.82 Å². The number of aromatic nitrogens is 1. The molecule has 1 aromatic rings. The average molecular weight is 247 g/mol. The van der Waals surface area contributed by atoms with Gasteiger partial charge in [-0.05, 0) is 15.9 Å². The van der Waals surface area contributed by atoms with Crippen molar-refractivity contribution in [1.82, 2.24) is 4.98 Å². The summed E-state index contributed by atoms with van der Waals surface area (Å²) in [6.45, 7) is 0. The number of thiazole rings is 1. The zero-order valence-electron chi connectivity index (χ0n) is 4.94. The van der Waals surface area contributed by atoms with Gasteiger partial charge >= 0.3 is 6.30 Å². The Bertz CT molecular complexity index is 246. The fourth-order valence-corrected chi connectivity index (χ4v) is 1.40. The van der Waals surface area contributed by atoms with Crippen LogP contribution >= 0.6 is 27.3 Å². The summed E-state index contributed by atoms with van der Waals surface area (Å²) in [7, 11) is 0. The Morgan fingerprint density at radius 3 is 2.55 bits per heavy atom. The van der Waals surface area contributed by atoms with Crippen LogP contribution in [0.15, 0.2) is 9.30 Å². The molecule has 1 rings (SSSR count). The zero-order chi connectivity index (χ0) is 8.48. The number of nitrogens with one attached hydrogen (secondary N) is 1. The normalized spacial score (nSPS) is 11.6. The van der Waals surface area contributed by atoms with Crippen LogP contribution in [0.25, 0.3) is 0 Å². The lowest BCUT2D eigenvalue weighted by atomic mass is 10.8. The Morgan fingerprint density at radius 2 is 2.18 bits per heavy atom. The first kappa shape index (κ1) is 8.79. The van der Waals surface area contributed by atoms with E-state index in [0.717, 1.165) is 11.3 Å². The molecule has 0 saturated heterocycles. The minimum atomic E-state index is -4.41. The summed E-state index contributed by atoms with van der Waals surface area (Å²) < 4.78 is 35.2. The largest absolute Gasteiger partial charge is 0.483 e. The van der Waals surface area contributed by atoms with Crippen LogP contribution in [-0.4, -0.2) is 11.3 Å². The van der Waals surface area contributed by atoms with Crippen molar-refractivity contribution in [3.05, 3.63) is 9.30 Å². The van der Waals surface area contributed by atoms with Crippen molar-refractivity contribution < 1.29 is 13.2 Å². The highest BCUT2D eigenvalue weighted by molar-refractivity contribution is 9.11. The quantitative estimate of drug-likeness (QED) is 0.772. The summed E-state index contributed by atoms with van der Waals surface area (Å²) in [4.78, 5) is 3.50. The molecule has 0 spiro atoms. The highest BCUT2D eigenvalue weighted by Crippen LogP contribution is 2.24. The van der Waals surface area contributed by atoms with Gasteiger partial charge in [-0.25, -0.2) is 4.98 Å². The number of anilines is 1. The standard InChI is InChI=1S/C4H2BrF3N2S/c5-3-9-2(1-11-3)10-4(6,7)8/h1,10H. The number of nitrogens with zero attached hydrogens (tertiary/aromatic N) is 1. The van der Waals surface area contributed by atoms with E-state index < -0.39 is 6.30 Å². The van der Waals surface area contributed by atoms with Crippen molar-refractivity contribution in [3.8, 4) is 0 Å². The first-order chi connectivity index (χ1) is 4.97. The van der Waals surface area contributed by atoms with Crippen LogP contribution in [0.5, 0.6) is 0 Å². The van der Waals surface area contributed by atoms with Gasteiger partial charge in [0.05, 0.1) is 0 Å². The van der Waals surface area contributed by atoms with E-state index in [9.17, 15) is 13.2 Å². The van der Waals surface area contributed by atoms with Crippen molar-refractivity contribution in [3.63, 3.8) is 0 Å². The lowest BCUT2D eigenvalue weighted by molar-refractivity contribution is -0.100. The predicted octanol–water partition coefficient (Wildman–Crippen LogP) is 2.84. The fraction of sp³-hybridized carbons (Fsp3) is 0.250. The molecule has 0 aliphatic carbocycles. The monoisotopic (exact) mass is 246 g/mol. The first-order valence-electron chi connectivity index (χ1n) is 2.43. The topological polar surface area (TPSA) is 24.9 Å². The van der Waals surface area contributed by atoms with E-state index in [1.807, 2.05) is 0 Å². The molecule has 0 unspecified atom stereocenters.